The first-order valence-corrected chi connectivity index (χ1v) is 6.71. The summed E-state index contributed by atoms with van der Waals surface area (Å²) in [5.41, 5.74) is 3.53. The van der Waals surface area contributed by atoms with Crippen molar-refractivity contribution in [1.29, 1.82) is 0 Å². The molecule has 0 saturated carbocycles. The summed E-state index contributed by atoms with van der Waals surface area (Å²) in [5.74, 6) is -0.0137. The fourth-order valence-corrected chi connectivity index (χ4v) is 2.02. The molecule has 2 N–H and O–H groups in total. The number of aromatic hydroxyl groups is 1. The monoisotopic (exact) mass is 349 g/mol. The molecule has 0 aliphatic rings. The molecule has 0 bridgehead atoms. The number of methoxy groups -OCH3 is 1. The third-order valence-electron chi connectivity index (χ3n) is 2.59. The number of phenolic OH excluding ortho intramolecular Hbond substituents is 1. The molecule has 2 rings (SSSR count). The number of rotatable bonds is 4. The van der Waals surface area contributed by atoms with Crippen LogP contribution in [0.1, 0.15) is 15.9 Å². The quantitative estimate of drug-likeness (QED) is 0.655. The van der Waals surface area contributed by atoms with Gasteiger partial charge in [-0.15, -0.1) is 0 Å². The van der Waals surface area contributed by atoms with Gasteiger partial charge in [-0.3, -0.25) is 9.78 Å². The molecule has 0 unspecified atom stereocenters. The van der Waals surface area contributed by atoms with E-state index in [0.717, 1.165) is 0 Å². The largest absolute Gasteiger partial charge is 0.503 e. The third-order valence-corrected chi connectivity index (χ3v) is 3.20. The topological polar surface area (TPSA) is 83.8 Å². The summed E-state index contributed by atoms with van der Waals surface area (Å²) < 4.78 is 5.50. The number of halogens is 1. The van der Waals surface area contributed by atoms with E-state index in [2.05, 4.69) is 31.4 Å². The highest BCUT2D eigenvalue weighted by Crippen LogP contribution is 2.34. The van der Waals surface area contributed by atoms with Crippen molar-refractivity contribution in [3.63, 3.8) is 0 Å². The Morgan fingerprint density at radius 3 is 2.81 bits per heavy atom. The molecule has 1 heterocycles. The number of hydrazone groups is 1. The SMILES string of the molecule is COc1cc(/C=N\NC(=O)c2ccncc2)cc(Br)c1O. The maximum Gasteiger partial charge on any atom is 0.271 e. The number of nitrogens with one attached hydrogen (secondary N) is 1. The van der Waals surface area contributed by atoms with Crippen LogP contribution in [0.5, 0.6) is 11.5 Å². The van der Waals surface area contributed by atoms with Gasteiger partial charge in [-0.25, -0.2) is 5.43 Å². The Morgan fingerprint density at radius 2 is 2.14 bits per heavy atom. The molecule has 2 aromatic rings. The molecule has 7 heteroatoms. The van der Waals surface area contributed by atoms with Crippen LogP contribution in [0.4, 0.5) is 0 Å². The minimum atomic E-state index is -0.335. The summed E-state index contributed by atoms with van der Waals surface area (Å²) in [4.78, 5) is 15.6. The number of hydrogen-bond donors (Lipinski definition) is 2. The number of benzene rings is 1. The van der Waals surface area contributed by atoms with E-state index in [1.165, 1.54) is 25.7 Å². The molecule has 1 aromatic carbocycles. The van der Waals surface area contributed by atoms with Gasteiger partial charge in [0.15, 0.2) is 11.5 Å². The van der Waals surface area contributed by atoms with Gasteiger partial charge in [0.2, 0.25) is 0 Å². The Labute approximate surface area is 129 Å². The van der Waals surface area contributed by atoms with Crippen molar-refractivity contribution in [3.8, 4) is 11.5 Å². The molecular weight excluding hydrogens is 338 g/mol. The van der Waals surface area contributed by atoms with E-state index in [-0.39, 0.29) is 11.7 Å². The van der Waals surface area contributed by atoms with Gasteiger partial charge in [0.25, 0.3) is 5.91 Å². The standard InChI is InChI=1S/C14H12BrN3O3/c1-21-12-7-9(6-11(15)13(12)19)8-17-18-14(20)10-2-4-16-5-3-10/h2-8,19H,1H3,(H,18,20)/b17-8-. The predicted octanol–water partition coefficient (Wildman–Crippen LogP) is 2.32. The van der Waals surface area contributed by atoms with Crippen LogP contribution in [-0.2, 0) is 0 Å². The lowest BCUT2D eigenvalue weighted by atomic mass is 10.2. The molecule has 21 heavy (non-hydrogen) atoms. The zero-order chi connectivity index (χ0) is 15.2. The molecule has 0 spiro atoms. The third kappa shape index (κ3) is 3.79. The number of carbonyl (C=O) groups excluding carboxylic acids is 1. The summed E-state index contributed by atoms with van der Waals surface area (Å²) in [7, 11) is 1.45. The molecule has 1 amide bonds. The Kier molecular flexibility index (Phi) is 4.89. The van der Waals surface area contributed by atoms with Crippen LogP contribution >= 0.6 is 15.9 Å². The van der Waals surface area contributed by atoms with Gasteiger partial charge in [0, 0.05) is 18.0 Å². The lowest BCUT2D eigenvalue weighted by Gasteiger charge is -2.06. The van der Waals surface area contributed by atoms with Crippen LogP contribution in [0.2, 0.25) is 0 Å². The average Bonchev–Trinajstić information content (AvgIpc) is 2.51. The van der Waals surface area contributed by atoms with Crippen molar-refractivity contribution in [2.24, 2.45) is 5.10 Å². The molecule has 108 valence electrons. The summed E-state index contributed by atoms with van der Waals surface area (Å²) in [5, 5.41) is 13.6. The molecule has 0 saturated heterocycles. The Bertz CT molecular complexity index is 675. The molecule has 0 radical (unpaired) electrons. The van der Waals surface area contributed by atoms with Crippen LogP contribution < -0.4 is 10.2 Å². The van der Waals surface area contributed by atoms with Crippen molar-refractivity contribution < 1.29 is 14.6 Å². The summed E-state index contributed by atoms with van der Waals surface area (Å²) in [6.45, 7) is 0. The zero-order valence-corrected chi connectivity index (χ0v) is 12.7. The second-order valence-electron chi connectivity index (χ2n) is 3.99. The highest BCUT2D eigenvalue weighted by molar-refractivity contribution is 9.10. The van der Waals surface area contributed by atoms with E-state index in [9.17, 15) is 9.90 Å². The fourth-order valence-electron chi connectivity index (χ4n) is 1.56. The molecule has 0 aliphatic carbocycles. The van der Waals surface area contributed by atoms with Gasteiger partial charge >= 0.3 is 0 Å². The number of amides is 1. The minimum Gasteiger partial charge on any atom is -0.503 e. The summed E-state index contributed by atoms with van der Waals surface area (Å²) >= 11 is 3.21. The van der Waals surface area contributed by atoms with Crippen LogP contribution in [-0.4, -0.2) is 29.3 Å². The van der Waals surface area contributed by atoms with Gasteiger partial charge in [0.1, 0.15) is 0 Å². The van der Waals surface area contributed by atoms with Crippen molar-refractivity contribution in [3.05, 3.63) is 52.3 Å². The maximum absolute atomic E-state index is 11.8. The van der Waals surface area contributed by atoms with Crippen LogP contribution in [0.25, 0.3) is 0 Å². The van der Waals surface area contributed by atoms with E-state index in [1.807, 2.05) is 0 Å². The van der Waals surface area contributed by atoms with Crippen LogP contribution in [0.3, 0.4) is 0 Å². The first-order valence-electron chi connectivity index (χ1n) is 5.91. The van der Waals surface area contributed by atoms with E-state index in [1.54, 1.807) is 24.3 Å². The lowest BCUT2D eigenvalue weighted by Crippen LogP contribution is -2.17. The minimum absolute atomic E-state index is 0.00970. The van der Waals surface area contributed by atoms with Gasteiger partial charge in [-0.05, 0) is 45.8 Å². The maximum atomic E-state index is 11.8. The van der Waals surface area contributed by atoms with E-state index >= 15 is 0 Å². The average molecular weight is 350 g/mol. The number of aromatic nitrogens is 1. The van der Waals surface area contributed by atoms with E-state index < -0.39 is 0 Å². The van der Waals surface area contributed by atoms with Crippen LogP contribution in [0.15, 0.2) is 46.2 Å². The molecule has 6 nitrogen and oxygen atoms in total. The summed E-state index contributed by atoms with van der Waals surface area (Å²) in [6.07, 6.45) is 4.51. The normalized spacial score (nSPS) is 10.6. The Balaban J connectivity index is 2.08. The van der Waals surface area contributed by atoms with Gasteiger partial charge < -0.3 is 9.84 Å². The zero-order valence-electron chi connectivity index (χ0n) is 11.1. The van der Waals surface area contributed by atoms with Gasteiger partial charge in [0.05, 0.1) is 17.8 Å². The Hall–Kier alpha value is -2.41. The molecule has 1 aromatic heterocycles. The van der Waals surface area contributed by atoms with E-state index in [0.29, 0.717) is 21.3 Å². The number of phenols is 1. The highest BCUT2D eigenvalue weighted by atomic mass is 79.9. The van der Waals surface area contributed by atoms with Crippen LogP contribution in [0, 0.1) is 0 Å². The second kappa shape index (κ2) is 6.85. The van der Waals surface area contributed by atoms with Crippen molar-refractivity contribution in [2.75, 3.05) is 7.11 Å². The number of ether oxygens (including phenoxy) is 1. The number of pyridine rings is 1. The van der Waals surface area contributed by atoms with Gasteiger partial charge in [-0.2, -0.15) is 5.10 Å². The molecule has 0 atom stereocenters. The number of nitrogens with zero attached hydrogens (tertiary/aromatic N) is 2. The smallest absolute Gasteiger partial charge is 0.271 e. The lowest BCUT2D eigenvalue weighted by molar-refractivity contribution is 0.0955. The predicted molar refractivity (Wildman–Crippen MR) is 81.7 cm³/mol. The highest BCUT2D eigenvalue weighted by Gasteiger charge is 2.07. The summed E-state index contributed by atoms with van der Waals surface area (Å²) in [6, 6.07) is 6.43. The Morgan fingerprint density at radius 1 is 1.43 bits per heavy atom. The number of hydrogen-bond acceptors (Lipinski definition) is 5. The van der Waals surface area contributed by atoms with Crippen molar-refractivity contribution in [1.82, 2.24) is 10.4 Å². The van der Waals surface area contributed by atoms with Crippen molar-refractivity contribution in [2.45, 2.75) is 0 Å². The second-order valence-corrected chi connectivity index (χ2v) is 4.84. The molecule has 0 aliphatic heterocycles. The van der Waals surface area contributed by atoms with Gasteiger partial charge in [-0.1, -0.05) is 0 Å². The first kappa shape index (κ1) is 15.0. The molecular formula is C14H12BrN3O3. The first-order chi connectivity index (χ1) is 10.1. The van der Waals surface area contributed by atoms with E-state index in [4.69, 9.17) is 4.74 Å². The fraction of sp³-hybridized carbons (Fsp3) is 0.0714. The molecule has 0 fully saturated rings. The van der Waals surface area contributed by atoms with Crippen molar-refractivity contribution >= 4 is 28.1 Å². The number of carbonyl (C=O) groups is 1.